The van der Waals surface area contributed by atoms with Crippen molar-refractivity contribution in [3.63, 3.8) is 0 Å². The lowest BCUT2D eigenvalue weighted by molar-refractivity contribution is 0.0181. The molecule has 4 aliphatic carbocycles. The number of ketones is 1. The van der Waals surface area contributed by atoms with Gasteiger partial charge in [-0.15, -0.1) is 0 Å². The lowest BCUT2D eigenvalue weighted by Crippen LogP contribution is -2.47. The number of fused-ring (bicyclic) bond motifs is 4. The maximum atomic E-state index is 13.4. The number of carboxylic acid groups (broad SMARTS) is 1. The van der Waals surface area contributed by atoms with Gasteiger partial charge in [0.05, 0.1) is 70.5 Å². The second-order valence-electron chi connectivity index (χ2n) is 42.5. The van der Waals surface area contributed by atoms with Crippen LogP contribution in [0.1, 0.15) is 272 Å². The number of ether oxygens (including phenoxy) is 6. The summed E-state index contributed by atoms with van der Waals surface area (Å²) in [6, 6.07) is 16.3. The van der Waals surface area contributed by atoms with Crippen molar-refractivity contribution < 1.29 is 87.5 Å². The van der Waals surface area contributed by atoms with E-state index in [2.05, 4.69) is 66.9 Å². The molecule has 150 heavy (non-hydrogen) atoms. The number of nitrogen functional groups attached to an aromatic ring is 1. The standard InChI is InChI=1S/C29H39N7O6.C24H31N7O4.C20H27ClN4O4.C13H15ClN4O4.C10H14N2O2.C6H13NO/c1-28(2,3)42-27(39)34(5)23-16-22(31-20-8-7-13-35(26(20)38)18-10-14-41-15-11-18)33-24-19(17-30-36(23)24)25(37)32-21-9-6-12-29(21,4)40;1-24(34)9-3-6-18(24)28-22(32)16-14-26-31-20(25-2)13-19(29-21(16)31)27-17-5-4-10-30(23(17)33)15-7-11-35-12-8-15;1-19(2,3)29-18(27)24(5)16-10-15(21)23-17-13(11-22-25(16)17)14(26)9-12-7-6-8-20(12,4)28;1-13(2,3)22-12(21)17(4)9-5-8(14)16-10-7(11(19)20)6-15-18(9)10;11-9-2-1-5-12(10(9)13)8-3-6-14-7-4-8;1-6(8)4-2-3-5(6)7/h7-8,13,16-18,21,40H,6,9-12,14-15H2,1-5H3,(H,31,33)(H,32,37);4-5,10,13-15,18,25,34H,3,6-9,11-12H2,1-2H3,(H,27,29)(H,28,32);10-12,28H,6-9H2,1-5H3;5-6H,1-4H3,(H,19,20);1-2,5,8H,3-4,6-7,11H2;5,8H,2-4,7H2,1H3/t21?,29-;18?,24-;12?,20-;;;5-,6-/m000..0/s1. The van der Waals surface area contributed by atoms with Gasteiger partial charge in [0.15, 0.2) is 28.4 Å². The number of hydrogen-bond donors (Lipinski definition) is 12. The van der Waals surface area contributed by atoms with Gasteiger partial charge in [-0.3, -0.25) is 43.5 Å². The van der Waals surface area contributed by atoms with Crippen LogP contribution in [0.2, 0.25) is 10.3 Å². The molecule has 0 aromatic carbocycles. The van der Waals surface area contributed by atoms with Gasteiger partial charge < -0.3 is 106 Å². The number of halogens is 2. The monoisotopic (exact) mass is 2120 g/mol. The van der Waals surface area contributed by atoms with E-state index >= 15 is 0 Å². The molecule has 4 saturated carbocycles. The Morgan fingerprint density at radius 1 is 0.460 bits per heavy atom. The minimum Gasteiger partial charge on any atom is -0.477 e. The maximum Gasteiger partial charge on any atom is 0.415 e. The number of carbonyl (C=O) groups excluding carboxylic acids is 6. The second-order valence-corrected chi connectivity index (χ2v) is 43.2. The van der Waals surface area contributed by atoms with Crippen LogP contribution in [0.15, 0.2) is 118 Å². The highest BCUT2D eigenvalue weighted by Crippen LogP contribution is 2.40. The van der Waals surface area contributed by atoms with Crippen LogP contribution < -0.4 is 69.4 Å². The van der Waals surface area contributed by atoms with Gasteiger partial charge >= 0.3 is 24.2 Å². The number of carboxylic acids is 1. The van der Waals surface area contributed by atoms with E-state index < -0.39 is 75.4 Å². The molecule has 5 amide bonds. The number of nitrogens with zero attached hydrogens (tertiary/aromatic N) is 18. The zero-order chi connectivity index (χ0) is 109. The Morgan fingerprint density at radius 3 is 1.17 bits per heavy atom. The minimum atomic E-state index is -1.18. The number of Topliss-reactive ketones (excluding diaryl/α,β-unsaturated/α-hetero) is 1. The van der Waals surface area contributed by atoms with Crippen LogP contribution in [0.4, 0.5) is 66.4 Å². The molecule has 0 bridgehead atoms. The van der Waals surface area contributed by atoms with E-state index in [1.165, 1.54) is 84.6 Å². The van der Waals surface area contributed by atoms with E-state index in [4.69, 9.17) is 68.2 Å². The first-order valence-corrected chi connectivity index (χ1v) is 51.0. The van der Waals surface area contributed by atoms with Crippen LogP contribution in [0, 0.1) is 5.92 Å². The van der Waals surface area contributed by atoms with Crippen LogP contribution in [0.5, 0.6) is 0 Å². The van der Waals surface area contributed by atoms with Crippen LogP contribution >= 0.6 is 23.2 Å². The normalized spacial score (nSPS) is 21.5. The van der Waals surface area contributed by atoms with E-state index in [0.717, 1.165) is 103 Å². The van der Waals surface area contributed by atoms with Gasteiger partial charge in [-0.25, -0.2) is 39.1 Å². The van der Waals surface area contributed by atoms with Gasteiger partial charge in [-0.2, -0.15) is 38.5 Å². The summed E-state index contributed by atoms with van der Waals surface area (Å²) in [4.78, 5) is 148. The van der Waals surface area contributed by atoms with Crippen LogP contribution in [-0.4, -0.2) is 265 Å². The Balaban J connectivity index is 0.000000158. The average Bonchev–Trinajstić information content (AvgIpc) is 1.60. The number of pyridine rings is 3. The zero-order valence-corrected chi connectivity index (χ0v) is 89.3. The molecule has 812 valence electrons. The van der Waals surface area contributed by atoms with Crippen LogP contribution in [-0.2, 0) is 28.4 Å². The van der Waals surface area contributed by atoms with Crippen molar-refractivity contribution in [3.05, 3.63) is 168 Å². The van der Waals surface area contributed by atoms with Crippen molar-refractivity contribution in [3.8, 4) is 0 Å². The summed E-state index contributed by atoms with van der Waals surface area (Å²) in [6.07, 6.45) is 23.6. The van der Waals surface area contributed by atoms with Gasteiger partial charge in [-0.1, -0.05) is 29.6 Å². The fraction of sp³-hybridized carbons (Fsp3) is 0.549. The SMILES string of the molecule is CN(C(=O)OC(C)(C)C)c1cc(Cl)nc2c(C(=O)CC3CCC[C@]3(C)O)cnn12.CN(C(=O)OC(C)(C)C)c1cc(Cl)nc2c(C(=O)O)cnn12.CN(C(=O)OC(C)(C)C)c1cc(Nc2cccn(C3CCOCC3)c2=O)nc2c(C(=O)NC3CCC[C@]3(C)O)cnn12.CNc1cc(Nc2cccn(C3CCOCC3)c2=O)nc2c(C(=O)NC3CCC[C@]3(C)O)cnn12.C[C@]1(O)CCC[C@@H]1N.Nc1cccn(C2CCOCC2)c1=O. The quantitative estimate of drug-likeness (QED) is 0.0203. The summed E-state index contributed by atoms with van der Waals surface area (Å²) in [5.74, 6) is -0.151. The molecule has 18 rings (SSSR count). The number of amides is 5. The van der Waals surface area contributed by atoms with E-state index in [1.54, 1.807) is 159 Å². The third-order valence-electron chi connectivity index (χ3n) is 27.3. The van der Waals surface area contributed by atoms with E-state index in [1.807, 2.05) is 19.1 Å². The Morgan fingerprint density at radius 2 is 0.807 bits per heavy atom. The van der Waals surface area contributed by atoms with Gasteiger partial charge in [0, 0.05) is 141 Å². The minimum absolute atomic E-state index is 0.0162. The summed E-state index contributed by atoms with van der Waals surface area (Å²) >= 11 is 12.1. The largest absolute Gasteiger partial charge is 0.477 e. The Kier molecular flexibility index (Phi) is 36.0. The number of hydrogen-bond acceptors (Lipinski definition) is 33. The predicted molar refractivity (Wildman–Crippen MR) is 564 cm³/mol. The molecule has 48 heteroatoms. The van der Waals surface area contributed by atoms with Crippen LogP contribution in [0.3, 0.4) is 0 Å². The molecular formula is C102H139Cl2N25O21. The highest BCUT2D eigenvalue weighted by atomic mass is 35.5. The zero-order valence-electron chi connectivity index (χ0n) is 87.8. The molecule has 3 saturated heterocycles. The first-order chi connectivity index (χ1) is 70.6. The number of nitrogens with one attached hydrogen (secondary N) is 5. The van der Waals surface area contributed by atoms with Gasteiger partial charge in [0.2, 0.25) is 0 Å². The maximum absolute atomic E-state index is 13.4. The number of nitrogens with two attached hydrogens (primary N) is 2. The predicted octanol–water partition coefficient (Wildman–Crippen LogP) is 12.8. The molecule has 7 fully saturated rings. The molecule has 46 nitrogen and oxygen atoms in total. The fourth-order valence-corrected chi connectivity index (χ4v) is 19.1. The van der Waals surface area contributed by atoms with Crippen molar-refractivity contribution in [2.24, 2.45) is 11.7 Å². The lowest BCUT2D eigenvalue weighted by atomic mass is 9.87. The third-order valence-corrected chi connectivity index (χ3v) is 27.7. The summed E-state index contributed by atoms with van der Waals surface area (Å²) in [7, 11) is 6.29. The van der Waals surface area contributed by atoms with Crippen molar-refractivity contribution >= 4 is 140 Å². The van der Waals surface area contributed by atoms with Gasteiger partial charge in [-0.05, 0) is 241 Å². The van der Waals surface area contributed by atoms with Crippen LogP contribution in [0.25, 0.3) is 22.6 Å². The van der Waals surface area contributed by atoms with Gasteiger partial charge in [0.25, 0.3) is 28.5 Å². The number of aromatic nitrogens is 15. The Bertz CT molecular complexity index is 6890. The van der Waals surface area contributed by atoms with E-state index in [9.17, 15) is 68.4 Å². The highest BCUT2D eigenvalue weighted by Gasteiger charge is 2.43. The number of aromatic carboxylic acids is 1. The second kappa shape index (κ2) is 47.5. The molecule has 0 radical (unpaired) electrons. The van der Waals surface area contributed by atoms with Crippen molar-refractivity contribution in [1.29, 1.82) is 0 Å². The molecule has 14 N–H and O–H groups in total. The molecule has 0 spiro atoms. The number of aliphatic hydroxyl groups is 4. The first-order valence-electron chi connectivity index (χ1n) is 50.3. The third kappa shape index (κ3) is 27.9. The van der Waals surface area contributed by atoms with Crippen molar-refractivity contribution in [1.82, 2.24) is 82.7 Å². The van der Waals surface area contributed by atoms with Crippen molar-refractivity contribution in [2.45, 2.75) is 287 Å². The Hall–Kier alpha value is -13.3. The van der Waals surface area contributed by atoms with Crippen molar-refractivity contribution in [2.75, 3.05) is 104 Å². The smallest absolute Gasteiger partial charge is 0.415 e. The lowest BCUT2D eigenvalue weighted by Gasteiger charge is -2.26. The van der Waals surface area contributed by atoms with E-state index in [0.29, 0.717) is 110 Å². The fourth-order valence-electron chi connectivity index (χ4n) is 18.8. The average molecular weight is 2120 g/mol. The number of carbonyl (C=O) groups is 7. The molecule has 3 unspecified atom stereocenters. The molecular weight excluding hydrogens is 1980 g/mol. The summed E-state index contributed by atoms with van der Waals surface area (Å²) in [5, 5.41) is 82.3. The number of anilines is 9. The molecule has 7 aliphatic rings. The highest BCUT2D eigenvalue weighted by molar-refractivity contribution is 6.30. The molecule has 11 aromatic heterocycles. The summed E-state index contributed by atoms with van der Waals surface area (Å²) < 4.78 is 43.0. The van der Waals surface area contributed by atoms with Gasteiger partial charge in [0.1, 0.15) is 90.1 Å². The summed E-state index contributed by atoms with van der Waals surface area (Å²) in [6.45, 7) is 26.8. The first kappa shape index (κ1) is 114. The van der Waals surface area contributed by atoms with E-state index in [-0.39, 0.29) is 127 Å². The Labute approximate surface area is 876 Å². The summed E-state index contributed by atoms with van der Waals surface area (Å²) in [5.41, 5.74) is 7.73. The number of rotatable bonds is 19. The molecule has 11 aromatic rings. The topological polar surface area (TPSA) is 585 Å². The molecule has 8 atom stereocenters. The molecule has 14 heterocycles. The molecule has 3 aliphatic heterocycles.